The van der Waals surface area contributed by atoms with E-state index in [1.54, 1.807) is 0 Å². The number of Topliss-reactive ketones (excluding diaryl/α,β-unsaturated/α-hetero) is 1. The molecule has 0 N–H and O–H groups in total. The third kappa shape index (κ3) is 5.17. The molecule has 0 aliphatic carbocycles. The van der Waals surface area contributed by atoms with Crippen LogP contribution in [0.1, 0.15) is 33.6 Å². The molecule has 1 rings (SSSR count). The number of likely N-dealkylation sites (tertiary alicyclic amines) is 1. The van der Waals surface area contributed by atoms with Crippen molar-refractivity contribution in [2.24, 2.45) is 11.3 Å². The minimum atomic E-state index is -0.194. The summed E-state index contributed by atoms with van der Waals surface area (Å²) in [5.74, 6) is 1.18. The summed E-state index contributed by atoms with van der Waals surface area (Å²) in [4.78, 5) is 16.5. The molecule has 0 spiro atoms. The summed E-state index contributed by atoms with van der Waals surface area (Å²) in [5, 5.41) is 0. The van der Waals surface area contributed by atoms with Gasteiger partial charge in [0.1, 0.15) is 0 Å². The highest BCUT2D eigenvalue weighted by atomic mass is 16.1. The molecule has 0 amide bonds. The number of carbonyl (C=O) groups excluding carboxylic acids is 1. The first-order valence-electron chi connectivity index (χ1n) is 6.69. The Labute approximate surface area is 106 Å². The molecule has 1 aliphatic heterocycles. The first-order chi connectivity index (χ1) is 7.79. The zero-order chi connectivity index (χ0) is 13.1. The van der Waals surface area contributed by atoms with Gasteiger partial charge in [0.15, 0.2) is 5.78 Å². The monoisotopic (exact) mass is 240 g/mol. The van der Waals surface area contributed by atoms with Crippen LogP contribution in [0.3, 0.4) is 0 Å². The fourth-order valence-corrected chi connectivity index (χ4v) is 2.28. The first kappa shape index (κ1) is 14.7. The summed E-state index contributed by atoms with van der Waals surface area (Å²) in [5.41, 5.74) is -0.194. The molecule has 17 heavy (non-hydrogen) atoms. The van der Waals surface area contributed by atoms with Gasteiger partial charge in [0.2, 0.25) is 0 Å². The quantitative estimate of drug-likeness (QED) is 0.749. The van der Waals surface area contributed by atoms with Crippen molar-refractivity contribution in [3.05, 3.63) is 0 Å². The van der Waals surface area contributed by atoms with Gasteiger partial charge in [-0.3, -0.25) is 9.69 Å². The SMILES string of the molecule is CN(C)CC1CCN(CC(=O)C(C)(C)C)CC1. The smallest absolute Gasteiger partial charge is 0.152 e. The van der Waals surface area contributed by atoms with E-state index in [4.69, 9.17) is 0 Å². The van der Waals surface area contributed by atoms with Crippen molar-refractivity contribution in [3.8, 4) is 0 Å². The van der Waals surface area contributed by atoms with Gasteiger partial charge in [-0.25, -0.2) is 0 Å². The van der Waals surface area contributed by atoms with Crippen LogP contribution >= 0.6 is 0 Å². The second kappa shape index (κ2) is 5.96. The van der Waals surface area contributed by atoms with Crippen LogP contribution in [0.2, 0.25) is 0 Å². The highest BCUT2D eigenvalue weighted by Crippen LogP contribution is 2.20. The number of carbonyl (C=O) groups is 1. The van der Waals surface area contributed by atoms with E-state index >= 15 is 0 Å². The van der Waals surface area contributed by atoms with E-state index in [0.717, 1.165) is 19.0 Å². The van der Waals surface area contributed by atoms with E-state index in [1.165, 1.54) is 19.4 Å². The number of piperidine rings is 1. The molecule has 0 atom stereocenters. The van der Waals surface area contributed by atoms with Gasteiger partial charge in [-0.15, -0.1) is 0 Å². The van der Waals surface area contributed by atoms with Gasteiger partial charge >= 0.3 is 0 Å². The van der Waals surface area contributed by atoms with Crippen LogP contribution in [0, 0.1) is 11.3 Å². The lowest BCUT2D eigenvalue weighted by molar-refractivity contribution is -0.127. The van der Waals surface area contributed by atoms with Crippen molar-refractivity contribution < 1.29 is 4.79 Å². The molecule has 100 valence electrons. The third-order valence-electron chi connectivity index (χ3n) is 3.53. The molecule has 3 heteroatoms. The third-order valence-corrected chi connectivity index (χ3v) is 3.53. The second-order valence-corrected chi connectivity index (χ2v) is 6.65. The van der Waals surface area contributed by atoms with Gasteiger partial charge in [0.05, 0.1) is 6.54 Å². The van der Waals surface area contributed by atoms with E-state index < -0.39 is 0 Å². The van der Waals surface area contributed by atoms with E-state index in [9.17, 15) is 4.79 Å². The van der Waals surface area contributed by atoms with Crippen LogP contribution in [0.15, 0.2) is 0 Å². The minimum absolute atomic E-state index is 0.194. The Hall–Kier alpha value is -0.410. The zero-order valence-electron chi connectivity index (χ0n) is 12.1. The highest BCUT2D eigenvalue weighted by Gasteiger charge is 2.26. The molecular formula is C14H28N2O. The molecule has 3 nitrogen and oxygen atoms in total. The maximum absolute atomic E-state index is 11.9. The largest absolute Gasteiger partial charge is 0.309 e. The van der Waals surface area contributed by atoms with Gasteiger partial charge in [-0.1, -0.05) is 20.8 Å². The summed E-state index contributed by atoms with van der Waals surface area (Å²) < 4.78 is 0. The molecule has 0 aromatic rings. The summed E-state index contributed by atoms with van der Waals surface area (Å²) >= 11 is 0. The Bertz CT molecular complexity index is 247. The lowest BCUT2D eigenvalue weighted by Crippen LogP contribution is -2.42. The van der Waals surface area contributed by atoms with Gasteiger partial charge in [-0.2, -0.15) is 0 Å². The molecule has 0 unspecified atom stereocenters. The van der Waals surface area contributed by atoms with E-state index in [1.807, 2.05) is 20.8 Å². The number of hydrogen-bond donors (Lipinski definition) is 0. The van der Waals surface area contributed by atoms with Gasteiger partial charge in [-0.05, 0) is 45.9 Å². The van der Waals surface area contributed by atoms with Crippen LogP contribution in [-0.4, -0.2) is 55.9 Å². The van der Waals surface area contributed by atoms with Crippen molar-refractivity contribution in [1.82, 2.24) is 9.80 Å². The van der Waals surface area contributed by atoms with E-state index in [2.05, 4.69) is 23.9 Å². The lowest BCUT2D eigenvalue weighted by atomic mass is 9.89. The number of ketones is 1. The summed E-state index contributed by atoms with van der Waals surface area (Å²) in [6.45, 7) is 10.0. The van der Waals surface area contributed by atoms with Gasteiger partial charge in [0, 0.05) is 12.0 Å². The fraction of sp³-hybridized carbons (Fsp3) is 0.929. The van der Waals surface area contributed by atoms with Crippen LogP contribution in [0.25, 0.3) is 0 Å². The topological polar surface area (TPSA) is 23.6 Å². The highest BCUT2D eigenvalue weighted by molar-refractivity contribution is 5.85. The lowest BCUT2D eigenvalue weighted by Gasteiger charge is -2.34. The average Bonchev–Trinajstić information content (AvgIpc) is 2.18. The Morgan fingerprint density at radius 2 is 1.76 bits per heavy atom. The van der Waals surface area contributed by atoms with Crippen molar-refractivity contribution >= 4 is 5.78 Å². The van der Waals surface area contributed by atoms with Crippen molar-refractivity contribution in [2.75, 3.05) is 40.3 Å². The molecule has 0 aromatic carbocycles. The second-order valence-electron chi connectivity index (χ2n) is 6.65. The first-order valence-corrected chi connectivity index (χ1v) is 6.69. The normalized spacial score (nSPS) is 19.9. The van der Waals surface area contributed by atoms with Crippen LogP contribution in [-0.2, 0) is 4.79 Å². The average molecular weight is 240 g/mol. The molecule has 1 fully saturated rings. The van der Waals surface area contributed by atoms with E-state index in [-0.39, 0.29) is 5.41 Å². The number of rotatable bonds is 4. The standard InChI is InChI=1S/C14H28N2O/c1-14(2,3)13(17)11-16-8-6-12(7-9-16)10-15(4)5/h12H,6-11H2,1-5H3. The molecular weight excluding hydrogens is 212 g/mol. The van der Waals surface area contributed by atoms with Crippen molar-refractivity contribution in [2.45, 2.75) is 33.6 Å². The van der Waals surface area contributed by atoms with Crippen molar-refractivity contribution in [1.29, 1.82) is 0 Å². The molecule has 0 bridgehead atoms. The predicted molar refractivity (Wildman–Crippen MR) is 72.2 cm³/mol. The molecule has 1 aliphatic rings. The number of nitrogens with zero attached hydrogens (tertiary/aromatic N) is 2. The Balaban J connectivity index is 2.30. The van der Waals surface area contributed by atoms with E-state index in [0.29, 0.717) is 12.3 Å². The van der Waals surface area contributed by atoms with Gasteiger partial charge in [0.25, 0.3) is 0 Å². The van der Waals surface area contributed by atoms with Crippen LogP contribution < -0.4 is 0 Å². The molecule has 0 radical (unpaired) electrons. The van der Waals surface area contributed by atoms with Crippen LogP contribution in [0.4, 0.5) is 0 Å². The maximum atomic E-state index is 11.9. The molecule has 1 heterocycles. The Morgan fingerprint density at radius 1 is 1.24 bits per heavy atom. The van der Waals surface area contributed by atoms with Crippen LogP contribution in [0.5, 0.6) is 0 Å². The Morgan fingerprint density at radius 3 is 2.18 bits per heavy atom. The summed E-state index contributed by atoms with van der Waals surface area (Å²) in [6.07, 6.45) is 2.46. The fourth-order valence-electron chi connectivity index (χ4n) is 2.28. The molecule has 1 saturated heterocycles. The predicted octanol–water partition coefficient (Wildman–Crippen LogP) is 1.88. The Kier molecular flexibility index (Phi) is 5.14. The van der Waals surface area contributed by atoms with Crippen molar-refractivity contribution in [3.63, 3.8) is 0 Å². The summed E-state index contributed by atoms with van der Waals surface area (Å²) in [6, 6.07) is 0. The minimum Gasteiger partial charge on any atom is -0.309 e. The number of hydrogen-bond acceptors (Lipinski definition) is 3. The zero-order valence-corrected chi connectivity index (χ0v) is 12.1. The van der Waals surface area contributed by atoms with Gasteiger partial charge < -0.3 is 4.90 Å². The summed E-state index contributed by atoms with van der Waals surface area (Å²) in [7, 11) is 4.27. The molecule has 0 aromatic heterocycles. The molecule has 0 saturated carbocycles. The maximum Gasteiger partial charge on any atom is 0.152 e.